The van der Waals surface area contributed by atoms with Crippen LogP contribution >= 0.6 is 0 Å². The maximum absolute atomic E-state index is 6.23. The van der Waals surface area contributed by atoms with Crippen LogP contribution in [0.1, 0.15) is 20.8 Å². The number of hydrogen-bond donors (Lipinski definition) is 0. The lowest BCUT2D eigenvalue weighted by Gasteiger charge is -2.28. The molecule has 0 saturated carbocycles. The Morgan fingerprint density at radius 3 is 2.00 bits per heavy atom. The molecule has 0 amide bonds. The molecule has 0 aromatic heterocycles. The van der Waals surface area contributed by atoms with Gasteiger partial charge in [0.2, 0.25) is 0 Å². The van der Waals surface area contributed by atoms with Crippen LogP contribution in [0.25, 0.3) is 0 Å². The summed E-state index contributed by atoms with van der Waals surface area (Å²) >= 11 is 0. The molecular formula is C12H20OSi2. The Balaban J connectivity index is 2.54. The van der Waals surface area contributed by atoms with Gasteiger partial charge in [-0.3, -0.25) is 0 Å². The molecule has 0 fully saturated rings. The summed E-state index contributed by atoms with van der Waals surface area (Å²) in [6, 6.07) is 14.2. The molecule has 0 bridgehead atoms. The van der Waals surface area contributed by atoms with Crippen LogP contribution in [0.15, 0.2) is 30.3 Å². The Labute approximate surface area is 96.9 Å². The zero-order valence-electron chi connectivity index (χ0n) is 9.92. The first kappa shape index (κ1) is 12.7. The van der Waals surface area contributed by atoms with Gasteiger partial charge in [-0.1, -0.05) is 51.1 Å². The molecule has 1 aromatic carbocycles. The third-order valence-corrected chi connectivity index (χ3v) is 9.67. The first-order valence-corrected chi connectivity index (χ1v) is 9.19. The van der Waals surface area contributed by atoms with Crippen molar-refractivity contribution in [3.8, 4) is 0 Å². The second kappa shape index (κ2) is 6.25. The number of hydrogen-bond acceptors (Lipinski definition) is 1. The van der Waals surface area contributed by atoms with Gasteiger partial charge in [0.05, 0.1) is 0 Å². The first-order valence-electron chi connectivity index (χ1n) is 5.75. The molecule has 1 aromatic rings. The van der Waals surface area contributed by atoms with E-state index >= 15 is 0 Å². The summed E-state index contributed by atoms with van der Waals surface area (Å²) < 4.78 is 6.23. The standard InChI is InChI=1S/C12H20OSi2/c1-4-15(5-2,6-3)13-14-12-10-8-7-9-11-12/h7-11H,4-6H2,1-3H3. The van der Waals surface area contributed by atoms with Gasteiger partial charge >= 0.3 is 0 Å². The van der Waals surface area contributed by atoms with E-state index in [1.165, 1.54) is 23.3 Å². The topological polar surface area (TPSA) is 9.23 Å². The van der Waals surface area contributed by atoms with Gasteiger partial charge in [0.1, 0.15) is 0 Å². The highest BCUT2D eigenvalue weighted by atomic mass is 28.4. The van der Waals surface area contributed by atoms with Crippen molar-refractivity contribution in [2.75, 3.05) is 0 Å². The van der Waals surface area contributed by atoms with Gasteiger partial charge in [-0.15, -0.1) is 0 Å². The normalized spacial score (nSPS) is 11.7. The molecule has 3 heteroatoms. The van der Waals surface area contributed by atoms with Gasteiger partial charge in [0.15, 0.2) is 8.32 Å². The predicted octanol–water partition coefficient (Wildman–Crippen LogP) is 2.95. The lowest BCUT2D eigenvalue weighted by molar-refractivity contribution is 0.576. The summed E-state index contributed by atoms with van der Waals surface area (Å²) in [5, 5.41) is 1.32. The number of rotatable bonds is 6. The van der Waals surface area contributed by atoms with E-state index in [9.17, 15) is 0 Å². The Bertz CT molecular complexity index is 262. The zero-order valence-corrected chi connectivity index (χ0v) is 11.9. The average Bonchev–Trinajstić information content (AvgIpc) is 2.33. The summed E-state index contributed by atoms with van der Waals surface area (Å²) in [4.78, 5) is 0. The lowest BCUT2D eigenvalue weighted by Crippen LogP contribution is -2.40. The van der Waals surface area contributed by atoms with Crippen LogP contribution in [-0.2, 0) is 4.12 Å². The van der Waals surface area contributed by atoms with E-state index in [1.807, 2.05) is 0 Å². The molecule has 0 N–H and O–H groups in total. The Kier molecular flexibility index (Phi) is 5.29. The first-order chi connectivity index (χ1) is 7.26. The molecule has 0 atom stereocenters. The number of benzene rings is 1. The minimum Gasteiger partial charge on any atom is -0.452 e. The van der Waals surface area contributed by atoms with E-state index < -0.39 is 8.32 Å². The Morgan fingerprint density at radius 1 is 1.00 bits per heavy atom. The van der Waals surface area contributed by atoms with E-state index in [0.29, 0.717) is 9.76 Å². The van der Waals surface area contributed by atoms with Gasteiger partial charge in [0, 0.05) is 0 Å². The minimum absolute atomic E-state index is 0.538. The zero-order chi connectivity index (χ0) is 11.1. The van der Waals surface area contributed by atoms with Crippen LogP contribution in [-0.4, -0.2) is 18.1 Å². The van der Waals surface area contributed by atoms with E-state index in [-0.39, 0.29) is 0 Å². The average molecular weight is 236 g/mol. The van der Waals surface area contributed by atoms with Crippen LogP contribution in [0.3, 0.4) is 0 Å². The molecule has 0 unspecified atom stereocenters. The third-order valence-electron chi connectivity index (χ3n) is 3.09. The van der Waals surface area contributed by atoms with E-state index in [4.69, 9.17) is 4.12 Å². The minimum atomic E-state index is -1.39. The molecule has 1 nitrogen and oxygen atoms in total. The monoisotopic (exact) mass is 236 g/mol. The van der Waals surface area contributed by atoms with Gasteiger partial charge in [-0.05, 0) is 23.3 Å². The van der Waals surface area contributed by atoms with Gasteiger partial charge < -0.3 is 4.12 Å². The van der Waals surface area contributed by atoms with Gasteiger partial charge in [-0.2, -0.15) is 0 Å². The molecule has 1 rings (SSSR count). The molecule has 82 valence electrons. The van der Waals surface area contributed by atoms with Crippen LogP contribution < -0.4 is 5.19 Å². The van der Waals surface area contributed by atoms with Gasteiger partial charge in [0.25, 0.3) is 9.76 Å². The maximum Gasteiger partial charge on any atom is 0.256 e. The van der Waals surface area contributed by atoms with Crippen molar-refractivity contribution in [3.63, 3.8) is 0 Å². The summed E-state index contributed by atoms with van der Waals surface area (Å²) in [6.45, 7) is 6.82. The fourth-order valence-electron chi connectivity index (χ4n) is 1.64. The van der Waals surface area contributed by atoms with Crippen molar-refractivity contribution in [1.82, 2.24) is 0 Å². The maximum atomic E-state index is 6.23. The smallest absolute Gasteiger partial charge is 0.256 e. The Hall–Kier alpha value is -0.386. The van der Waals surface area contributed by atoms with Crippen molar-refractivity contribution in [1.29, 1.82) is 0 Å². The van der Waals surface area contributed by atoms with Crippen molar-refractivity contribution in [2.24, 2.45) is 0 Å². The molecule has 0 aliphatic carbocycles. The molecular weight excluding hydrogens is 216 g/mol. The molecule has 0 aliphatic rings. The highest BCUT2D eigenvalue weighted by molar-refractivity contribution is 6.78. The summed E-state index contributed by atoms with van der Waals surface area (Å²) in [6.07, 6.45) is 0. The van der Waals surface area contributed by atoms with Crippen molar-refractivity contribution in [2.45, 2.75) is 38.9 Å². The summed E-state index contributed by atoms with van der Waals surface area (Å²) in [5.41, 5.74) is 0. The van der Waals surface area contributed by atoms with E-state index in [0.717, 1.165) is 0 Å². The quantitative estimate of drug-likeness (QED) is 0.690. The molecule has 0 saturated heterocycles. The van der Waals surface area contributed by atoms with Crippen LogP contribution in [0.2, 0.25) is 18.1 Å². The second-order valence-electron chi connectivity index (χ2n) is 3.81. The largest absolute Gasteiger partial charge is 0.452 e. The second-order valence-corrected chi connectivity index (χ2v) is 9.90. The van der Waals surface area contributed by atoms with Crippen LogP contribution in [0.5, 0.6) is 0 Å². The highest BCUT2D eigenvalue weighted by Gasteiger charge is 2.28. The fraction of sp³-hybridized carbons (Fsp3) is 0.500. The Morgan fingerprint density at radius 2 is 1.53 bits per heavy atom. The van der Waals surface area contributed by atoms with Crippen LogP contribution in [0.4, 0.5) is 0 Å². The molecule has 2 radical (unpaired) electrons. The van der Waals surface area contributed by atoms with Crippen LogP contribution in [0, 0.1) is 0 Å². The third kappa shape index (κ3) is 3.59. The van der Waals surface area contributed by atoms with Crippen molar-refractivity contribution >= 4 is 23.3 Å². The molecule has 0 aliphatic heterocycles. The lowest BCUT2D eigenvalue weighted by atomic mass is 10.4. The molecule has 0 spiro atoms. The molecule has 15 heavy (non-hydrogen) atoms. The van der Waals surface area contributed by atoms with Crippen molar-refractivity contribution < 1.29 is 4.12 Å². The van der Waals surface area contributed by atoms with E-state index in [1.54, 1.807) is 0 Å². The summed E-state index contributed by atoms with van der Waals surface area (Å²) in [7, 11) is -0.850. The molecule has 0 heterocycles. The predicted molar refractivity (Wildman–Crippen MR) is 70.1 cm³/mol. The van der Waals surface area contributed by atoms with E-state index in [2.05, 4.69) is 51.1 Å². The SMILES string of the molecule is CC[Si](CC)(CC)O[Si]c1ccccc1. The van der Waals surface area contributed by atoms with Crippen molar-refractivity contribution in [3.05, 3.63) is 30.3 Å². The highest BCUT2D eigenvalue weighted by Crippen LogP contribution is 2.20. The fourth-order valence-corrected chi connectivity index (χ4v) is 6.54. The van der Waals surface area contributed by atoms with Gasteiger partial charge in [-0.25, -0.2) is 0 Å². The summed E-state index contributed by atoms with van der Waals surface area (Å²) in [5.74, 6) is 0.